The quantitative estimate of drug-likeness (QED) is 0.776. The van der Waals surface area contributed by atoms with Gasteiger partial charge in [0.1, 0.15) is 11.8 Å². The maximum atomic E-state index is 11.0. The van der Waals surface area contributed by atoms with Crippen LogP contribution in [0.15, 0.2) is 24.5 Å². The molecule has 0 spiro atoms. The Balaban J connectivity index is 2.26. The molecular formula is C11H10N6O. The Kier molecular flexibility index (Phi) is 2.93. The number of nitrogens with zero attached hydrogens (tertiary/aromatic N) is 4. The number of hydrogen-bond donors (Lipinski definition) is 2. The van der Waals surface area contributed by atoms with Gasteiger partial charge in [0.2, 0.25) is 0 Å². The number of rotatable bonds is 3. The van der Waals surface area contributed by atoms with E-state index in [0.29, 0.717) is 12.2 Å². The van der Waals surface area contributed by atoms with E-state index >= 15 is 0 Å². The van der Waals surface area contributed by atoms with Crippen molar-refractivity contribution in [3.63, 3.8) is 0 Å². The van der Waals surface area contributed by atoms with Crippen LogP contribution in [-0.4, -0.2) is 20.7 Å². The molecule has 18 heavy (non-hydrogen) atoms. The summed E-state index contributed by atoms with van der Waals surface area (Å²) in [6, 6.07) is 5.34. The van der Waals surface area contributed by atoms with Gasteiger partial charge in [-0.2, -0.15) is 10.4 Å². The first-order valence-corrected chi connectivity index (χ1v) is 5.08. The summed E-state index contributed by atoms with van der Waals surface area (Å²) in [7, 11) is 0. The minimum Gasteiger partial charge on any atom is -0.396 e. The Bertz CT molecular complexity index is 639. The SMILES string of the molecule is N#Cc1cc(Cn2cc(N)c(C(N)=O)n2)ccn1. The lowest BCUT2D eigenvalue weighted by atomic mass is 10.2. The van der Waals surface area contributed by atoms with Crippen LogP contribution in [0.3, 0.4) is 0 Å². The van der Waals surface area contributed by atoms with Crippen LogP contribution in [0.4, 0.5) is 5.69 Å². The summed E-state index contributed by atoms with van der Waals surface area (Å²) < 4.78 is 1.49. The molecule has 2 rings (SSSR count). The van der Waals surface area contributed by atoms with Crippen LogP contribution in [-0.2, 0) is 6.54 Å². The lowest BCUT2D eigenvalue weighted by molar-refractivity contribution is 0.0995. The summed E-state index contributed by atoms with van der Waals surface area (Å²) in [6.45, 7) is 0.384. The van der Waals surface area contributed by atoms with Crippen LogP contribution < -0.4 is 11.5 Å². The maximum absolute atomic E-state index is 11.0. The van der Waals surface area contributed by atoms with Gasteiger partial charge < -0.3 is 11.5 Å². The number of hydrogen-bond acceptors (Lipinski definition) is 5. The summed E-state index contributed by atoms with van der Waals surface area (Å²) in [5.41, 5.74) is 12.2. The van der Waals surface area contributed by atoms with E-state index in [-0.39, 0.29) is 11.4 Å². The number of aromatic nitrogens is 3. The van der Waals surface area contributed by atoms with Crippen molar-refractivity contribution >= 4 is 11.6 Å². The van der Waals surface area contributed by atoms with Gasteiger partial charge in [-0.1, -0.05) is 0 Å². The molecule has 0 atom stereocenters. The Morgan fingerprint density at radius 2 is 2.33 bits per heavy atom. The fraction of sp³-hybridized carbons (Fsp3) is 0.0909. The molecule has 0 aliphatic heterocycles. The highest BCUT2D eigenvalue weighted by molar-refractivity contribution is 5.95. The molecule has 0 aliphatic carbocycles. The van der Waals surface area contributed by atoms with Crippen LogP contribution in [0.2, 0.25) is 0 Å². The topological polar surface area (TPSA) is 124 Å². The molecule has 0 saturated heterocycles. The third-order valence-electron chi connectivity index (χ3n) is 2.31. The number of nitrogens with two attached hydrogens (primary N) is 2. The number of nitriles is 1. The lowest BCUT2D eigenvalue weighted by Gasteiger charge is -2.01. The molecule has 0 saturated carbocycles. The number of anilines is 1. The van der Waals surface area contributed by atoms with E-state index in [0.717, 1.165) is 5.56 Å². The number of primary amides is 1. The standard InChI is InChI=1S/C11H10N6O/c12-4-8-3-7(1-2-15-8)5-17-6-9(13)10(16-17)11(14)18/h1-3,6H,5,13H2,(H2,14,18). The minimum atomic E-state index is -0.668. The van der Waals surface area contributed by atoms with Crippen LogP contribution in [0.1, 0.15) is 21.7 Å². The van der Waals surface area contributed by atoms with E-state index in [1.165, 1.54) is 17.1 Å². The van der Waals surface area contributed by atoms with Gasteiger partial charge in [0.25, 0.3) is 5.91 Å². The molecule has 4 N–H and O–H groups in total. The highest BCUT2D eigenvalue weighted by Gasteiger charge is 2.11. The molecule has 2 aromatic rings. The number of amides is 1. The van der Waals surface area contributed by atoms with Crippen molar-refractivity contribution in [1.82, 2.24) is 14.8 Å². The lowest BCUT2D eigenvalue weighted by Crippen LogP contribution is -2.14. The van der Waals surface area contributed by atoms with Crippen LogP contribution in [0.25, 0.3) is 0 Å². The molecule has 90 valence electrons. The summed E-state index contributed by atoms with van der Waals surface area (Å²) in [4.78, 5) is 14.9. The molecule has 0 unspecified atom stereocenters. The van der Waals surface area contributed by atoms with Crippen molar-refractivity contribution in [2.24, 2.45) is 5.73 Å². The summed E-state index contributed by atoms with van der Waals surface area (Å²) in [6.07, 6.45) is 3.06. The van der Waals surface area contributed by atoms with Gasteiger partial charge in [0.05, 0.1) is 12.2 Å². The van der Waals surface area contributed by atoms with E-state index in [4.69, 9.17) is 16.7 Å². The second-order valence-electron chi connectivity index (χ2n) is 3.66. The Morgan fingerprint density at radius 1 is 1.56 bits per heavy atom. The first-order chi connectivity index (χ1) is 8.60. The normalized spacial score (nSPS) is 9.94. The van der Waals surface area contributed by atoms with Crippen LogP contribution >= 0.6 is 0 Å². The van der Waals surface area contributed by atoms with E-state index in [9.17, 15) is 4.79 Å². The first kappa shape index (κ1) is 11.6. The Labute approximate surface area is 103 Å². The van der Waals surface area contributed by atoms with Gasteiger partial charge in [-0.3, -0.25) is 9.48 Å². The first-order valence-electron chi connectivity index (χ1n) is 5.08. The van der Waals surface area contributed by atoms with Gasteiger partial charge in [-0.05, 0) is 17.7 Å². The molecule has 7 heteroatoms. The molecular weight excluding hydrogens is 232 g/mol. The summed E-state index contributed by atoms with van der Waals surface area (Å²) in [5.74, 6) is -0.668. The van der Waals surface area contributed by atoms with Crippen LogP contribution in [0.5, 0.6) is 0 Å². The number of carbonyl (C=O) groups excluding carboxylic acids is 1. The minimum absolute atomic E-state index is 0.0459. The smallest absolute Gasteiger partial charge is 0.271 e. The van der Waals surface area contributed by atoms with Crippen molar-refractivity contribution in [2.45, 2.75) is 6.54 Å². The molecule has 0 bridgehead atoms. The average molecular weight is 242 g/mol. The summed E-state index contributed by atoms with van der Waals surface area (Å²) >= 11 is 0. The number of pyridine rings is 1. The zero-order valence-electron chi connectivity index (χ0n) is 9.37. The van der Waals surface area contributed by atoms with E-state index in [1.54, 1.807) is 12.1 Å². The molecule has 1 amide bonds. The largest absolute Gasteiger partial charge is 0.396 e. The molecule has 0 aliphatic rings. The van der Waals surface area contributed by atoms with E-state index in [1.807, 2.05) is 6.07 Å². The summed E-state index contributed by atoms with van der Waals surface area (Å²) in [5, 5.41) is 12.7. The fourth-order valence-electron chi connectivity index (χ4n) is 1.53. The molecule has 0 radical (unpaired) electrons. The Hall–Kier alpha value is -2.88. The third-order valence-corrected chi connectivity index (χ3v) is 2.31. The van der Waals surface area contributed by atoms with Crippen molar-refractivity contribution in [3.8, 4) is 6.07 Å². The van der Waals surface area contributed by atoms with Gasteiger partial charge in [-0.25, -0.2) is 4.98 Å². The maximum Gasteiger partial charge on any atom is 0.271 e. The van der Waals surface area contributed by atoms with Crippen molar-refractivity contribution in [2.75, 3.05) is 5.73 Å². The molecule has 0 fully saturated rings. The van der Waals surface area contributed by atoms with Crippen LogP contribution in [0, 0.1) is 11.3 Å². The van der Waals surface area contributed by atoms with Gasteiger partial charge in [0, 0.05) is 12.4 Å². The molecule has 2 aromatic heterocycles. The van der Waals surface area contributed by atoms with E-state index in [2.05, 4.69) is 10.1 Å². The Morgan fingerprint density at radius 3 is 2.94 bits per heavy atom. The van der Waals surface area contributed by atoms with Crippen molar-refractivity contribution in [3.05, 3.63) is 41.5 Å². The fourth-order valence-corrected chi connectivity index (χ4v) is 1.53. The van der Waals surface area contributed by atoms with E-state index < -0.39 is 5.91 Å². The predicted molar refractivity (Wildman–Crippen MR) is 63.2 cm³/mol. The number of nitrogen functional groups attached to an aromatic ring is 1. The molecule has 7 nitrogen and oxygen atoms in total. The highest BCUT2D eigenvalue weighted by Crippen LogP contribution is 2.10. The average Bonchev–Trinajstić information content (AvgIpc) is 2.70. The zero-order chi connectivity index (χ0) is 13.1. The predicted octanol–water partition coefficient (Wildman–Crippen LogP) is -0.121. The monoisotopic (exact) mass is 242 g/mol. The van der Waals surface area contributed by atoms with Gasteiger partial charge >= 0.3 is 0 Å². The highest BCUT2D eigenvalue weighted by atomic mass is 16.1. The molecule has 0 aromatic carbocycles. The van der Waals surface area contributed by atoms with Crippen molar-refractivity contribution in [1.29, 1.82) is 5.26 Å². The number of carbonyl (C=O) groups is 1. The van der Waals surface area contributed by atoms with Gasteiger partial charge in [-0.15, -0.1) is 0 Å². The second-order valence-corrected chi connectivity index (χ2v) is 3.66. The molecule has 2 heterocycles. The third kappa shape index (κ3) is 2.27. The second kappa shape index (κ2) is 4.55. The zero-order valence-corrected chi connectivity index (χ0v) is 9.37. The van der Waals surface area contributed by atoms with Gasteiger partial charge in [0.15, 0.2) is 5.69 Å². The van der Waals surface area contributed by atoms with Crippen molar-refractivity contribution < 1.29 is 4.79 Å².